The Labute approximate surface area is 109 Å². The Hall–Kier alpha value is -1.60. The van der Waals surface area contributed by atoms with Crippen LogP contribution in [0.5, 0.6) is 0 Å². The number of nitrogens with one attached hydrogen (secondary N) is 1. The van der Waals surface area contributed by atoms with E-state index >= 15 is 0 Å². The van der Waals surface area contributed by atoms with Gasteiger partial charge in [0.1, 0.15) is 11.9 Å². The molecule has 0 saturated carbocycles. The highest BCUT2D eigenvalue weighted by Gasteiger charge is 2.17. The maximum atomic E-state index is 9.10. The number of rotatable bonds is 4. The van der Waals surface area contributed by atoms with E-state index in [0.717, 1.165) is 12.1 Å². The van der Waals surface area contributed by atoms with Crippen molar-refractivity contribution >= 4 is 5.82 Å². The highest BCUT2D eigenvalue weighted by Crippen LogP contribution is 2.23. The van der Waals surface area contributed by atoms with Crippen LogP contribution in [-0.2, 0) is 5.41 Å². The quantitative estimate of drug-likeness (QED) is 0.855. The van der Waals surface area contributed by atoms with Gasteiger partial charge in [-0.3, -0.25) is 0 Å². The summed E-state index contributed by atoms with van der Waals surface area (Å²) >= 11 is 0. The predicted octanol–water partition coefficient (Wildman–Crippen LogP) is 2.40. The lowest BCUT2D eigenvalue weighted by Gasteiger charge is -2.21. The molecule has 18 heavy (non-hydrogen) atoms. The summed E-state index contributed by atoms with van der Waals surface area (Å²) in [6.45, 7) is 8.98. The summed E-state index contributed by atoms with van der Waals surface area (Å²) in [6, 6.07) is 6.12. The van der Waals surface area contributed by atoms with Crippen LogP contribution in [0.1, 0.15) is 45.4 Å². The molecule has 1 aromatic heterocycles. The minimum absolute atomic E-state index is 0.0263. The van der Waals surface area contributed by atoms with Crippen LogP contribution in [0.2, 0.25) is 0 Å². The van der Waals surface area contributed by atoms with Crippen LogP contribution in [0.25, 0.3) is 0 Å². The van der Waals surface area contributed by atoms with Crippen molar-refractivity contribution in [2.24, 2.45) is 5.73 Å². The van der Waals surface area contributed by atoms with Crippen molar-refractivity contribution < 1.29 is 0 Å². The molecule has 0 bridgehead atoms. The van der Waals surface area contributed by atoms with E-state index in [1.165, 1.54) is 0 Å². The van der Waals surface area contributed by atoms with Gasteiger partial charge in [0, 0.05) is 17.2 Å². The van der Waals surface area contributed by atoms with Crippen molar-refractivity contribution in [2.75, 3.05) is 11.9 Å². The summed E-state index contributed by atoms with van der Waals surface area (Å²) in [6.07, 6.45) is 0.853. The number of hydrogen-bond acceptors (Lipinski definition) is 4. The highest BCUT2D eigenvalue weighted by molar-refractivity contribution is 5.53. The van der Waals surface area contributed by atoms with Gasteiger partial charge in [0.15, 0.2) is 0 Å². The van der Waals surface area contributed by atoms with Gasteiger partial charge >= 0.3 is 0 Å². The molecule has 0 saturated heterocycles. The first-order chi connectivity index (χ1) is 8.38. The third-order valence-corrected chi connectivity index (χ3v) is 2.77. The molecule has 1 heterocycles. The Bertz CT molecular complexity index is 440. The molecular weight excluding hydrogens is 224 g/mol. The molecule has 0 aromatic carbocycles. The second kappa shape index (κ2) is 5.83. The van der Waals surface area contributed by atoms with Gasteiger partial charge in [-0.05, 0) is 32.0 Å². The fraction of sp³-hybridized carbons (Fsp3) is 0.571. The molecule has 0 radical (unpaired) electrons. The van der Waals surface area contributed by atoms with Crippen molar-refractivity contribution in [2.45, 2.75) is 45.6 Å². The molecule has 0 spiro atoms. The number of nitriles is 1. The molecule has 4 nitrogen and oxygen atoms in total. The molecular formula is C14H22N4. The third-order valence-electron chi connectivity index (χ3n) is 2.77. The standard InChI is InChI=1S/C14H22N4/c1-10(7-8-15)17-13-11(9-16)5-6-12(18-13)14(2,3)4/h5-6,10H,7-8,15H2,1-4H3,(H,17,18). The van der Waals surface area contributed by atoms with Crippen molar-refractivity contribution in [3.63, 3.8) is 0 Å². The maximum absolute atomic E-state index is 9.10. The average Bonchev–Trinajstić information content (AvgIpc) is 2.28. The third kappa shape index (κ3) is 3.71. The summed E-state index contributed by atoms with van der Waals surface area (Å²) in [5, 5.41) is 12.4. The van der Waals surface area contributed by atoms with Crippen molar-refractivity contribution in [3.8, 4) is 6.07 Å². The summed E-state index contributed by atoms with van der Waals surface area (Å²) in [7, 11) is 0. The molecule has 0 amide bonds. The van der Waals surface area contributed by atoms with Crippen LogP contribution in [0.4, 0.5) is 5.82 Å². The van der Waals surface area contributed by atoms with Crippen LogP contribution in [0.15, 0.2) is 12.1 Å². The van der Waals surface area contributed by atoms with Gasteiger partial charge in [0.2, 0.25) is 0 Å². The van der Waals surface area contributed by atoms with E-state index in [2.05, 4.69) is 37.1 Å². The number of nitrogens with two attached hydrogens (primary N) is 1. The molecule has 0 aliphatic heterocycles. The fourth-order valence-corrected chi connectivity index (χ4v) is 1.63. The zero-order valence-corrected chi connectivity index (χ0v) is 11.6. The van der Waals surface area contributed by atoms with Gasteiger partial charge in [0.25, 0.3) is 0 Å². The molecule has 0 aliphatic carbocycles. The number of nitrogens with zero attached hydrogens (tertiary/aromatic N) is 2. The van der Waals surface area contributed by atoms with E-state index in [-0.39, 0.29) is 11.5 Å². The molecule has 1 aromatic rings. The van der Waals surface area contributed by atoms with Crippen LogP contribution >= 0.6 is 0 Å². The molecule has 3 N–H and O–H groups in total. The van der Waals surface area contributed by atoms with E-state index < -0.39 is 0 Å². The molecule has 1 unspecified atom stereocenters. The van der Waals surface area contributed by atoms with Crippen molar-refractivity contribution in [3.05, 3.63) is 23.4 Å². The van der Waals surface area contributed by atoms with Crippen molar-refractivity contribution in [1.82, 2.24) is 4.98 Å². The lowest BCUT2D eigenvalue weighted by molar-refractivity contribution is 0.568. The average molecular weight is 246 g/mol. The van der Waals surface area contributed by atoms with Gasteiger partial charge < -0.3 is 11.1 Å². The molecule has 0 fully saturated rings. The Balaban J connectivity index is 3.04. The zero-order valence-electron chi connectivity index (χ0n) is 11.6. The molecule has 0 aliphatic rings. The van der Waals surface area contributed by atoms with Crippen LogP contribution in [0.3, 0.4) is 0 Å². The summed E-state index contributed by atoms with van der Waals surface area (Å²) in [5.41, 5.74) is 7.05. The largest absolute Gasteiger partial charge is 0.366 e. The smallest absolute Gasteiger partial charge is 0.144 e. The first-order valence-electron chi connectivity index (χ1n) is 6.26. The van der Waals surface area contributed by atoms with Gasteiger partial charge in [-0.1, -0.05) is 20.8 Å². The van der Waals surface area contributed by atoms with Gasteiger partial charge in [-0.25, -0.2) is 4.98 Å². The van der Waals surface area contributed by atoms with Crippen LogP contribution in [-0.4, -0.2) is 17.6 Å². The first kappa shape index (κ1) is 14.5. The Morgan fingerprint density at radius 2 is 2.11 bits per heavy atom. The highest BCUT2D eigenvalue weighted by atomic mass is 15.0. The minimum Gasteiger partial charge on any atom is -0.366 e. The maximum Gasteiger partial charge on any atom is 0.144 e. The second-order valence-electron chi connectivity index (χ2n) is 5.58. The lowest BCUT2D eigenvalue weighted by atomic mass is 9.91. The number of pyridine rings is 1. The second-order valence-corrected chi connectivity index (χ2v) is 5.58. The lowest BCUT2D eigenvalue weighted by Crippen LogP contribution is -2.22. The monoisotopic (exact) mass is 246 g/mol. The first-order valence-corrected chi connectivity index (χ1v) is 6.26. The van der Waals surface area contributed by atoms with E-state index in [4.69, 9.17) is 11.0 Å². The Morgan fingerprint density at radius 3 is 2.61 bits per heavy atom. The summed E-state index contributed by atoms with van der Waals surface area (Å²) in [4.78, 5) is 4.56. The van der Waals surface area contributed by atoms with Crippen LogP contribution < -0.4 is 11.1 Å². The normalized spacial score (nSPS) is 12.9. The van der Waals surface area contributed by atoms with E-state index in [1.807, 2.05) is 19.1 Å². The summed E-state index contributed by atoms with van der Waals surface area (Å²) in [5.74, 6) is 0.658. The molecule has 4 heteroatoms. The molecule has 1 rings (SSSR count). The van der Waals surface area contributed by atoms with E-state index in [9.17, 15) is 0 Å². The van der Waals surface area contributed by atoms with Gasteiger partial charge in [-0.15, -0.1) is 0 Å². The fourth-order valence-electron chi connectivity index (χ4n) is 1.63. The van der Waals surface area contributed by atoms with Crippen molar-refractivity contribution in [1.29, 1.82) is 5.26 Å². The Kier molecular flexibility index (Phi) is 4.69. The Morgan fingerprint density at radius 1 is 1.44 bits per heavy atom. The van der Waals surface area contributed by atoms with Gasteiger partial charge in [0.05, 0.1) is 5.56 Å². The minimum atomic E-state index is -0.0263. The zero-order chi connectivity index (χ0) is 13.8. The van der Waals surface area contributed by atoms with Crippen LogP contribution in [0, 0.1) is 11.3 Å². The number of anilines is 1. The summed E-state index contributed by atoms with van der Waals surface area (Å²) < 4.78 is 0. The molecule has 1 atom stereocenters. The van der Waals surface area contributed by atoms with E-state index in [0.29, 0.717) is 17.9 Å². The number of hydrogen-bond donors (Lipinski definition) is 2. The SMILES string of the molecule is CC(CCN)Nc1nc(C(C)(C)C)ccc1C#N. The van der Waals surface area contributed by atoms with Gasteiger partial charge in [-0.2, -0.15) is 5.26 Å². The topological polar surface area (TPSA) is 74.7 Å². The predicted molar refractivity (Wildman–Crippen MR) is 74.4 cm³/mol. The molecule has 98 valence electrons. The van der Waals surface area contributed by atoms with E-state index in [1.54, 1.807) is 0 Å². The number of aromatic nitrogens is 1.